The summed E-state index contributed by atoms with van der Waals surface area (Å²) in [5.74, 6) is -1.97. The number of benzene rings is 1. The highest BCUT2D eigenvalue weighted by atomic mass is 16.4. The molecule has 0 radical (unpaired) electrons. The largest absolute Gasteiger partial charge is 0.481 e. The van der Waals surface area contributed by atoms with Crippen molar-refractivity contribution in [3.63, 3.8) is 0 Å². The van der Waals surface area contributed by atoms with Crippen LogP contribution >= 0.6 is 0 Å². The molecule has 1 heterocycles. The number of nitrogens with one attached hydrogen (secondary N) is 1. The van der Waals surface area contributed by atoms with Crippen LogP contribution in [0, 0.1) is 11.8 Å². The molecule has 6 nitrogen and oxygen atoms in total. The molecule has 120 valence electrons. The van der Waals surface area contributed by atoms with E-state index in [0.717, 1.165) is 18.7 Å². The summed E-state index contributed by atoms with van der Waals surface area (Å²) in [6.45, 7) is 1.11. The molecule has 6 heteroatoms. The summed E-state index contributed by atoms with van der Waals surface area (Å²) in [7, 11) is 0. The highest BCUT2D eigenvalue weighted by molar-refractivity contribution is 5.89. The van der Waals surface area contributed by atoms with Gasteiger partial charge >= 0.3 is 5.97 Å². The number of nitrogens with zero attached hydrogens (tertiary/aromatic N) is 2. The number of hydrogen-bond acceptors (Lipinski definition) is 3. The lowest BCUT2D eigenvalue weighted by Crippen LogP contribution is -2.27. The Morgan fingerprint density at radius 2 is 2.00 bits per heavy atom. The standard InChI is InChI=1S/C17H19N3O3/c21-16(14-10-15(14)17(22)23)18-11-13-6-8-19-20(13)9-7-12-4-2-1-3-5-12/h1-6,8,14-15H,7,9-11H2,(H,18,21)(H,22,23). The molecule has 2 aromatic rings. The summed E-state index contributed by atoms with van der Waals surface area (Å²) in [5, 5.41) is 15.9. The number of hydrogen-bond donors (Lipinski definition) is 2. The first-order valence-electron chi connectivity index (χ1n) is 7.70. The molecule has 2 unspecified atom stereocenters. The highest BCUT2D eigenvalue weighted by Gasteiger charge is 2.48. The monoisotopic (exact) mass is 313 g/mol. The average molecular weight is 313 g/mol. The summed E-state index contributed by atoms with van der Waals surface area (Å²) in [6, 6.07) is 12.0. The van der Waals surface area contributed by atoms with Crippen LogP contribution in [-0.2, 0) is 29.1 Å². The zero-order valence-corrected chi connectivity index (χ0v) is 12.7. The highest BCUT2D eigenvalue weighted by Crippen LogP contribution is 2.38. The van der Waals surface area contributed by atoms with Crippen molar-refractivity contribution in [1.82, 2.24) is 15.1 Å². The number of rotatable bonds is 7. The molecule has 23 heavy (non-hydrogen) atoms. The van der Waals surface area contributed by atoms with E-state index in [1.165, 1.54) is 5.56 Å². The maximum absolute atomic E-state index is 11.9. The minimum atomic E-state index is -0.891. The van der Waals surface area contributed by atoms with Crippen LogP contribution in [0.2, 0.25) is 0 Å². The Morgan fingerprint density at radius 1 is 1.22 bits per heavy atom. The van der Waals surface area contributed by atoms with Gasteiger partial charge in [-0.05, 0) is 24.5 Å². The van der Waals surface area contributed by atoms with E-state index in [1.54, 1.807) is 6.20 Å². The van der Waals surface area contributed by atoms with Gasteiger partial charge < -0.3 is 10.4 Å². The smallest absolute Gasteiger partial charge is 0.307 e. The number of carboxylic acid groups (broad SMARTS) is 1. The lowest BCUT2D eigenvalue weighted by Gasteiger charge is -2.09. The van der Waals surface area contributed by atoms with Crippen LogP contribution in [0.4, 0.5) is 0 Å². The zero-order valence-electron chi connectivity index (χ0n) is 12.7. The molecule has 1 aliphatic rings. The molecule has 2 N–H and O–H groups in total. The summed E-state index contributed by atoms with van der Waals surface area (Å²) in [5.41, 5.74) is 2.15. The van der Waals surface area contributed by atoms with Gasteiger partial charge in [0, 0.05) is 12.7 Å². The number of amides is 1. The van der Waals surface area contributed by atoms with Crippen LogP contribution in [0.15, 0.2) is 42.6 Å². The van der Waals surface area contributed by atoms with Crippen LogP contribution in [-0.4, -0.2) is 26.8 Å². The fraction of sp³-hybridized carbons (Fsp3) is 0.353. The van der Waals surface area contributed by atoms with Crippen LogP contribution in [0.1, 0.15) is 17.7 Å². The fourth-order valence-electron chi connectivity index (χ4n) is 2.66. The van der Waals surface area contributed by atoms with E-state index in [9.17, 15) is 9.59 Å². The van der Waals surface area contributed by atoms with Crippen LogP contribution in [0.3, 0.4) is 0 Å². The van der Waals surface area contributed by atoms with Crippen LogP contribution in [0.5, 0.6) is 0 Å². The molecule has 2 atom stereocenters. The number of carbonyl (C=O) groups is 2. The maximum Gasteiger partial charge on any atom is 0.307 e. The summed E-state index contributed by atoms with van der Waals surface area (Å²) in [6.07, 6.45) is 3.02. The Kier molecular flexibility index (Phi) is 4.41. The molecule has 0 spiro atoms. The molecular formula is C17H19N3O3. The fourth-order valence-corrected chi connectivity index (χ4v) is 2.66. The van der Waals surface area contributed by atoms with Crippen molar-refractivity contribution in [2.24, 2.45) is 11.8 Å². The van der Waals surface area contributed by atoms with Gasteiger partial charge in [-0.15, -0.1) is 0 Å². The lowest BCUT2D eigenvalue weighted by atomic mass is 10.1. The molecule has 1 amide bonds. The summed E-state index contributed by atoms with van der Waals surface area (Å²) in [4.78, 5) is 22.7. The number of aliphatic carboxylic acids is 1. The molecular weight excluding hydrogens is 294 g/mol. The van der Waals surface area contributed by atoms with Gasteiger partial charge in [0.15, 0.2) is 0 Å². The van der Waals surface area contributed by atoms with Crippen molar-refractivity contribution in [3.8, 4) is 0 Å². The SMILES string of the molecule is O=C(O)C1CC1C(=O)NCc1ccnn1CCc1ccccc1. The third-order valence-electron chi connectivity index (χ3n) is 4.15. The average Bonchev–Trinajstić information content (AvgIpc) is 3.25. The molecule has 1 aliphatic carbocycles. The van der Waals surface area contributed by atoms with E-state index in [-0.39, 0.29) is 11.8 Å². The van der Waals surface area contributed by atoms with E-state index in [4.69, 9.17) is 5.11 Å². The first-order chi connectivity index (χ1) is 11.1. The molecule has 1 aromatic carbocycles. The predicted octanol–water partition coefficient (Wildman–Crippen LogP) is 1.46. The van der Waals surface area contributed by atoms with Crippen LogP contribution in [0.25, 0.3) is 0 Å². The van der Waals surface area contributed by atoms with Gasteiger partial charge in [-0.25, -0.2) is 0 Å². The Bertz CT molecular complexity index is 696. The topological polar surface area (TPSA) is 84.2 Å². The number of aryl methyl sites for hydroxylation is 2. The van der Waals surface area contributed by atoms with Crippen molar-refractivity contribution in [2.75, 3.05) is 0 Å². The Labute approximate surface area is 134 Å². The molecule has 0 saturated heterocycles. The molecule has 1 saturated carbocycles. The van der Waals surface area contributed by atoms with E-state index in [1.807, 2.05) is 28.9 Å². The Morgan fingerprint density at radius 3 is 2.70 bits per heavy atom. The second-order valence-electron chi connectivity index (χ2n) is 5.79. The van der Waals surface area contributed by atoms with Gasteiger partial charge in [0.1, 0.15) is 0 Å². The van der Waals surface area contributed by atoms with E-state index in [2.05, 4.69) is 22.5 Å². The minimum Gasteiger partial charge on any atom is -0.481 e. The number of carbonyl (C=O) groups excluding carboxylic acids is 1. The van der Waals surface area contributed by atoms with E-state index < -0.39 is 11.9 Å². The quantitative estimate of drug-likeness (QED) is 0.810. The van der Waals surface area contributed by atoms with E-state index >= 15 is 0 Å². The third-order valence-corrected chi connectivity index (χ3v) is 4.15. The van der Waals surface area contributed by atoms with Crippen LogP contribution < -0.4 is 5.32 Å². The zero-order chi connectivity index (χ0) is 16.2. The van der Waals surface area contributed by atoms with Gasteiger partial charge in [0.05, 0.1) is 24.1 Å². The Balaban J connectivity index is 1.51. The summed E-state index contributed by atoms with van der Waals surface area (Å²) >= 11 is 0. The minimum absolute atomic E-state index is 0.187. The van der Waals surface area contributed by atoms with Crippen molar-refractivity contribution in [3.05, 3.63) is 53.9 Å². The Hall–Kier alpha value is -2.63. The van der Waals surface area contributed by atoms with Gasteiger partial charge in [0.2, 0.25) is 5.91 Å². The first kappa shape index (κ1) is 15.3. The first-order valence-corrected chi connectivity index (χ1v) is 7.70. The molecule has 0 aliphatic heterocycles. The molecule has 1 fully saturated rings. The maximum atomic E-state index is 11.9. The lowest BCUT2D eigenvalue weighted by molar-refractivity contribution is -0.140. The molecule has 3 rings (SSSR count). The molecule has 0 bridgehead atoms. The van der Waals surface area contributed by atoms with Crippen molar-refractivity contribution < 1.29 is 14.7 Å². The predicted molar refractivity (Wildman–Crippen MR) is 83.5 cm³/mol. The van der Waals surface area contributed by atoms with Crippen molar-refractivity contribution in [2.45, 2.75) is 25.9 Å². The van der Waals surface area contributed by atoms with Gasteiger partial charge in [-0.3, -0.25) is 14.3 Å². The second-order valence-corrected chi connectivity index (χ2v) is 5.79. The van der Waals surface area contributed by atoms with Gasteiger partial charge in [0.25, 0.3) is 0 Å². The third kappa shape index (κ3) is 3.77. The normalized spacial score (nSPS) is 19.3. The van der Waals surface area contributed by atoms with Crippen molar-refractivity contribution in [1.29, 1.82) is 0 Å². The molecule has 1 aromatic heterocycles. The summed E-state index contributed by atoms with van der Waals surface area (Å²) < 4.78 is 1.87. The second kappa shape index (κ2) is 6.64. The van der Waals surface area contributed by atoms with E-state index in [0.29, 0.717) is 13.0 Å². The number of aromatic nitrogens is 2. The van der Waals surface area contributed by atoms with Gasteiger partial charge in [-0.1, -0.05) is 30.3 Å². The van der Waals surface area contributed by atoms with Gasteiger partial charge in [-0.2, -0.15) is 5.10 Å². The number of carboxylic acids is 1. The van der Waals surface area contributed by atoms with Crippen molar-refractivity contribution >= 4 is 11.9 Å².